The first-order valence-electron chi connectivity index (χ1n) is 8.98. The van der Waals surface area contributed by atoms with Crippen molar-refractivity contribution < 1.29 is 22.7 Å². The largest absolute Gasteiger partial charge is 0.494 e. The van der Waals surface area contributed by atoms with Gasteiger partial charge < -0.3 is 14.8 Å². The van der Waals surface area contributed by atoms with Crippen molar-refractivity contribution >= 4 is 15.9 Å². The molecule has 146 valence electrons. The number of amides is 1. The molecule has 1 aliphatic rings. The third-order valence-corrected chi connectivity index (χ3v) is 6.23. The maximum absolute atomic E-state index is 12.9. The topological polar surface area (TPSA) is 84.9 Å². The van der Waals surface area contributed by atoms with E-state index in [4.69, 9.17) is 9.47 Å². The molecule has 1 aromatic rings. The second-order valence-electron chi connectivity index (χ2n) is 6.24. The Morgan fingerprint density at radius 1 is 1.31 bits per heavy atom. The summed E-state index contributed by atoms with van der Waals surface area (Å²) in [6, 6.07) is 6.41. The molecular formula is C18H28N2O5S. The van der Waals surface area contributed by atoms with E-state index >= 15 is 0 Å². The summed E-state index contributed by atoms with van der Waals surface area (Å²) in [5, 5.41) is 2.86. The fourth-order valence-corrected chi connectivity index (χ4v) is 4.49. The van der Waals surface area contributed by atoms with Crippen molar-refractivity contribution in [1.29, 1.82) is 0 Å². The van der Waals surface area contributed by atoms with Gasteiger partial charge in [-0.1, -0.05) is 0 Å². The molecule has 0 unspecified atom stereocenters. The molecule has 1 heterocycles. The van der Waals surface area contributed by atoms with Gasteiger partial charge in [0.1, 0.15) is 5.75 Å². The lowest BCUT2D eigenvalue weighted by molar-refractivity contribution is -0.126. The molecule has 0 spiro atoms. The van der Waals surface area contributed by atoms with Crippen LogP contribution in [0.5, 0.6) is 5.75 Å². The summed E-state index contributed by atoms with van der Waals surface area (Å²) >= 11 is 0. The molecule has 1 saturated heterocycles. The lowest BCUT2D eigenvalue weighted by Gasteiger charge is -2.31. The number of hydrogen-bond donors (Lipinski definition) is 1. The lowest BCUT2D eigenvalue weighted by Crippen LogP contribution is -2.45. The first-order valence-corrected chi connectivity index (χ1v) is 10.4. The quantitative estimate of drug-likeness (QED) is 0.654. The van der Waals surface area contributed by atoms with E-state index in [2.05, 4.69) is 5.32 Å². The van der Waals surface area contributed by atoms with Gasteiger partial charge in [0.15, 0.2) is 0 Å². The Morgan fingerprint density at radius 3 is 2.69 bits per heavy atom. The van der Waals surface area contributed by atoms with Crippen molar-refractivity contribution in [2.75, 3.05) is 40.0 Å². The van der Waals surface area contributed by atoms with Gasteiger partial charge in [-0.25, -0.2) is 8.42 Å². The minimum Gasteiger partial charge on any atom is -0.494 e. The van der Waals surface area contributed by atoms with Crippen molar-refractivity contribution in [2.24, 2.45) is 5.92 Å². The molecule has 7 nitrogen and oxygen atoms in total. The van der Waals surface area contributed by atoms with Gasteiger partial charge in [-0.2, -0.15) is 4.31 Å². The zero-order valence-electron chi connectivity index (χ0n) is 15.4. The molecule has 0 radical (unpaired) electrons. The first-order chi connectivity index (χ1) is 12.5. The molecule has 0 bridgehead atoms. The van der Waals surface area contributed by atoms with Crippen LogP contribution in [-0.4, -0.2) is 58.6 Å². The van der Waals surface area contributed by atoms with Gasteiger partial charge in [-0.3, -0.25) is 4.79 Å². The van der Waals surface area contributed by atoms with Gasteiger partial charge in [0.2, 0.25) is 15.9 Å². The molecule has 1 fully saturated rings. The van der Waals surface area contributed by atoms with Gasteiger partial charge in [-0.05, 0) is 50.5 Å². The molecular weight excluding hydrogens is 356 g/mol. The van der Waals surface area contributed by atoms with E-state index in [-0.39, 0.29) is 23.3 Å². The Kier molecular flexibility index (Phi) is 7.86. The molecule has 26 heavy (non-hydrogen) atoms. The summed E-state index contributed by atoms with van der Waals surface area (Å²) in [6.07, 6.45) is 2.11. The average Bonchev–Trinajstić information content (AvgIpc) is 2.66. The van der Waals surface area contributed by atoms with Crippen LogP contribution in [0.1, 0.15) is 26.2 Å². The van der Waals surface area contributed by atoms with E-state index in [0.717, 1.165) is 6.42 Å². The Morgan fingerprint density at radius 2 is 2.04 bits per heavy atom. The monoisotopic (exact) mass is 384 g/mol. The number of ether oxygens (including phenoxy) is 2. The predicted molar refractivity (Wildman–Crippen MR) is 98.6 cm³/mol. The smallest absolute Gasteiger partial charge is 0.243 e. The highest BCUT2D eigenvalue weighted by molar-refractivity contribution is 7.89. The number of rotatable bonds is 9. The molecule has 8 heteroatoms. The number of methoxy groups -OCH3 is 1. The summed E-state index contributed by atoms with van der Waals surface area (Å²) in [6.45, 7) is 4.17. The number of sulfonamides is 1. The number of nitrogens with zero attached hydrogens (tertiary/aromatic N) is 1. The van der Waals surface area contributed by atoms with Gasteiger partial charge >= 0.3 is 0 Å². The molecule has 1 amide bonds. The van der Waals surface area contributed by atoms with Gasteiger partial charge in [-0.15, -0.1) is 0 Å². The maximum Gasteiger partial charge on any atom is 0.243 e. The zero-order chi connectivity index (χ0) is 19.0. The number of nitrogens with one attached hydrogen (secondary N) is 1. The van der Waals surface area contributed by atoms with E-state index in [0.29, 0.717) is 44.9 Å². The number of carbonyl (C=O) groups is 1. The van der Waals surface area contributed by atoms with E-state index in [1.807, 2.05) is 6.92 Å². The van der Waals surface area contributed by atoms with Gasteiger partial charge in [0.05, 0.1) is 17.4 Å². The lowest BCUT2D eigenvalue weighted by atomic mass is 9.99. The average molecular weight is 384 g/mol. The van der Waals surface area contributed by atoms with Crippen LogP contribution in [0, 0.1) is 5.92 Å². The molecule has 1 N–H and O–H groups in total. The van der Waals surface area contributed by atoms with Crippen LogP contribution < -0.4 is 10.1 Å². The van der Waals surface area contributed by atoms with Crippen molar-refractivity contribution in [3.8, 4) is 5.75 Å². The van der Waals surface area contributed by atoms with Crippen LogP contribution in [0.15, 0.2) is 29.2 Å². The Bertz CT molecular complexity index is 675. The van der Waals surface area contributed by atoms with Crippen molar-refractivity contribution in [2.45, 2.75) is 31.1 Å². The van der Waals surface area contributed by atoms with E-state index in [1.165, 1.54) is 4.31 Å². The summed E-state index contributed by atoms with van der Waals surface area (Å²) in [5.41, 5.74) is 0. The fourth-order valence-electron chi connectivity index (χ4n) is 2.97. The summed E-state index contributed by atoms with van der Waals surface area (Å²) in [7, 11) is -1.99. The Hall–Kier alpha value is -1.64. The normalized spacial score (nSPS) is 18.5. The highest BCUT2D eigenvalue weighted by Crippen LogP contribution is 2.25. The zero-order valence-corrected chi connectivity index (χ0v) is 16.3. The Labute approximate surface area is 155 Å². The summed E-state index contributed by atoms with van der Waals surface area (Å²) in [4.78, 5) is 12.5. The minimum atomic E-state index is -3.61. The first kappa shape index (κ1) is 20.7. The highest BCUT2D eigenvalue weighted by atomic mass is 32.2. The van der Waals surface area contributed by atoms with Gasteiger partial charge in [0.25, 0.3) is 0 Å². The van der Waals surface area contributed by atoms with Crippen molar-refractivity contribution in [1.82, 2.24) is 9.62 Å². The molecule has 2 rings (SSSR count). The molecule has 0 saturated carbocycles. The number of carbonyl (C=O) groups excluding carboxylic acids is 1. The minimum absolute atomic E-state index is 0.0901. The van der Waals surface area contributed by atoms with Crippen molar-refractivity contribution in [3.05, 3.63) is 24.3 Å². The third kappa shape index (κ3) is 5.43. The molecule has 1 aromatic carbocycles. The van der Waals surface area contributed by atoms with E-state index in [9.17, 15) is 13.2 Å². The van der Waals surface area contributed by atoms with Crippen LogP contribution >= 0.6 is 0 Å². The number of hydrogen-bond acceptors (Lipinski definition) is 5. The van der Waals surface area contributed by atoms with Crippen LogP contribution in [0.4, 0.5) is 0 Å². The maximum atomic E-state index is 12.9. The van der Waals surface area contributed by atoms with Crippen molar-refractivity contribution in [3.63, 3.8) is 0 Å². The molecule has 1 atom stereocenters. The summed E-state index contributed by atoms with van der Waals surface area (Å²) in [5.74, 6) is 0.231. The Balaban J connectivity index is 1.99. The SMILES string of the molecule is CCOc1ccc(S(=O)(=O)N2CCC[C@@H](C(=O)NCCCOC)C2)cc1. The third-order valence-electron chi connectivity index (χ3n) is 4.35. The van der Waals surface area contributed by atoms with E-state index in [1.54, 1.807) is 31.4 Å². The predicted octanol–water partition coefficient (Wildman–Crippen LogP) is 1.64. The standard InChI is InChI=1S/C18H28N2O5S/c1-3-25-16-7-9-17(10-8-16)26(22,23)20-12-4-6-15(14-20)18(21)19-11-5-13-24-2/h7-10,15H,3-6,11-14H2,1-2H3,(H,19,21)/t15-/m1/s1. The molecule has 0 aliphatic carbocycles. The second kappa shape index (κ2) is 9.89. The molecule has 1 aliphatic heterocycles. The van der Waals surface area contributed by atoms with Gasteiger partial charge in [0, 0.05) is 33.4 Å². The summed E-state index contributed by atoms with van der Waals surface area (Å²) < 4.78 is 37.4. The highest BCUT2D eigenvalue weighted by Gasteiger charge is 2.33. The molecule has 0 aromatic heterocycles. The number of benzene rings is 1. The van der Waals surface area contributed by atoms with Crippen LogP contribution in [-0.2, 0) is 19.6 Å². The fraction of sp³-hybridized carbons (Fsp3) is 0.611. The second-order valence-corrected chi connectivity index (χ2v) is 8.18. The van der Waals surface area contributed by atoms with Crippen LogP contribution in [0.2, 0.25) is 0 Å². The van der Waals surface area contributed by atoms with Crippen LogP contribution in [0.3, 0.4) is 0 Å². The van der Waals surface area contributed by atoms with E-state index < -0.39 is 10.0 Å². The number of piperidine rings is 1. The van der Waals surface area contributed by atoms with Crippen LogP contribution in [0.25, 0.3) is 0 Å².